The SMILES string of the molecule is CC(C)CCNC(=O)c1cc(C(=O)Nc2ccc(N3CCCCC3)cc2)ccn1. The van der Waals surface area contributed by atoms with Crippen molar-refractivity contribution in [2.24, 2.45) is 5.92 Å². The van der Waals surface area contributed by atoms with Crippen molar-refractivity contribution in [3.8, 4) is 0 Å². The van der Waals surface area contributed by atoms with Crippen molar-refractivity contribution >= 4 is 23.2 Å². The van der Waals surface area contributed by atoms with Crippen LogP contribution in [-0.4, -0.2) is 36.4 Å². The zero-order valence-corrected chi connectivity index (χ0v) is 17.3. The molecule has 1 aromatic heterocycles. The van der Waals surface area contributed by atoms with Gasteiger partial charge in [0, 0.05) is 42.8 Å². The second-order valence-corrected chi connectivity index (χ2v) is 7.92. The maximum absolute atomic E-state index is 12.6. The largest absolute Gasteiger partial charge is 0.372 e. The molecule has 0 spiro atoms. The molecule has 2 N–H and O–H groups in total. The summed E-state index contributed by atoms with van der Waals surface area (Å²) in [5, 5.41) is 5.74. The molecule has 2 amide bonds. The molecule has 1 aliphatic rings. The first kappa shape index (κ1) is 20.8. The number of nitrogens with zero attached hydrogens (tertiary/aromatic N) is 2. The number of rotatable bonds is 7. The predicted octanol–water partition coefficient (Wildman–Crippen LogP) is 4.10. The van der Waals surface area contributed by atoms with Crippen molar-refractivity contribution in [2.75, 3.05) is 29.9 Å². The zero-order chi connectivity index (χ0) is 20.6. The third kappa shape index (κ3) is 6.04. The average Bonchev–Trinajstić information content (AvgIpc) is 2.74. The predicted molar refractivity (Wildman–Crippen MR) is 116 cm³/mol. The summed E-state index contributed by atoms with van der Waals surface area (Å²) < 4.78 is 0. The Morgan fingerprint density at radius 2 is 1.76 bits per heavy atom. The number of hydrogen-bond donors (Lipinski definition) is 2. The van der Waals surface area contributed by atoms with Gasteiger partial charge in [-0.25, -0.2) is 0 Å². The molecular weight excluding hydrogens is 364 g/mol. The monoisotopic (exact) mass is 394 g/mol. The van der Waals surface area contributed by atoms with Gasteiger partial charge in [-0.2, -0.15) is 0 Å². The highest BCUT2D eigenvalue weighted by Gasteiger charge is 2.13. The van der Waals surface area contributed by atoms with Crippen molar-refractivity contribution < 1.29 is 9.59 Å². The van der Waals surface area contributed by atoms with Crippen LogP contribution in [0.25, 0.3) is 0 Å². The lowest BCUT2D eigenvalue weighted by Gasteiger charge is -2.28. The number of nitrogens with one attached hydrogen (secondary N) is 2. The normalized spacial score (nSPS) is 14.0. The van der Waals surface area contributed by atoms with Crippen LogP contribution < -0.4 is 15.5 Å². The Kier molecular flexibility index (Phi) is 7.22. The third-order valence-corrected chi connectivity index (χ3v) is 5.11. The van der Waals surface area contributed by atoms with E-state index in [2.05, 4.69) is 34.4 Å². The number of hydrogen-bond acceptors (Lipinski definition) is 4. The van der Waals surface area contributed by atoms with Gasteiger partial charge in [-0.15, -0.1) is 0 Å². The van der Waals surface area contributed by atoms with Crippen LogP contribution in [-0.2, 0) is 0 Å². The lowest BCUT2D eigenvalue weighted by molar-refractivity contribution is 0.0947. The van der Waals surface area contributed by atoms with Crippen molar-refractivity contribution in [1.29, 1.82) is 0 Å². The van der Waals surface area contributed by atoms with E-state index in [1.807, 2.05) is 24.3 Å². The lowest BCUT2D eigenvalue weighted by Crippen LogP contribution is -2.29. The Morgan fingerprint density at radius 1 is 1.03 bits per heavy atom. The summed E-state index contributed by atoms with van der Waals surface area (Å²) in [6, 6.07) is 11.1. The lowest BCUT2D eigenvalue weighted by atomic mass is 10.1. The molecule has 0 bridgehead atoms. The van der Waals surface area contributed by atoms with Gasteiger partial charge in [0.15, 0.2) is 0 Å². The van der Waals surface area contributed by atoms with Crippen molar-refractivity contribution in [3.05, 3.63) is 53.9 Å². The molecule has 0 aliphatic carbocycles. The number of carbonyl (C=O) groups is 2. The fraction of sp³-hybridized carbons (Fsp3) is 0.435. The minimum Gasteiger partial charge on any atom is -0.372 e. The third-order valence-electron chi connectivity index (χ3n) is 5.11. The molecule has 1 aromatic carbocycles. The Labute approximate surface area is 172 Å². The molecule has 1 aliphatic heterocycles. The van der Waals surface area contributed by atoms with Crippen LogP contribution in [0.5, 0.6) is 0 Å². The number of piperidine rings is 1. The molecule has 0 unspecified atom stereocenters. The Bertz CT molecular complexity index is 827. The number of pyridine rings is 1. The van der Waals surface area contributed by atoms with Gasteiger partial charge >= 0.3 is 0 Å². The van der Waals surface area contributed by atoms with Crippen molar-refractivity contribution in [1.82, 2.24) is 10.3 Å². The summed E-state index contributed by atoms with van der Waals surface area (Å²) in [6.07, 6.45) is 6.15. The maximum Gasteiger partial charge on any atom is 0.269 e. The molecule has 2 aromatic rings. The Balaban J connectivity index is 1.59. The number of carbonyl (C=O) groups excluding carboxylic acids is 2. The molecule has 154 valence electrons. The van der Waals surface area contributed by atoms with E-state index in [1.54, 1.807) is 6.07 Å². The van der Waals surface area contributed by atoms with Crippen LogP contribution in [0.1, 0.15) is 60.4 Å². The van der Waals surface area contributed by atoms with Crippen molar-refractivity contribution in [3.63, 3.8) is 0 Å². The molecule has 1 fully saturated rings. The van der Waals surface area contributed by atoms with Crippen LogP contribution in [0, 0.1) is 5.92 Å². The van der Waals surface area contributed by atoms with E-state index >= 15 is 0 Å². The smallest absolute Gasteiger partial charge is 0.269 e. The van der Waals surface area contributed by atoms with E-state index in [4.69, 9.17) is 0 Å². The maximum atomic E-state index is 12.6. The van der Waals surface area contributed by atoms with Crippen LogP contribution >= 0.6 is 0 Å². The second-order valence-electron chi connectivity index (χ2n) is 7.92. The number of amides is 2. The summed E-state index contributed by atoms with van der Waals surface area (Å²) in [6.45, 7) is 6.98. The van der Waals surface area contributed by atoms with Gasteiger partial charge in [0.2, 0.25) is 0 Å². The van der Waals surface area contributed by atoms with E-state index in [0.717, 1.165) is 25.2 Å². The summed E-state index contributed by atoms with van der Waals surface area (Å²) in [5.74, 6) is 0.00205. The molecule has 6 heteroatoms. The van der Waals surface area contributed by atoms with E-state index < -0.39 is 0 Å². The van der Waals surface area contributed by atoms with Crippen LogP contribution in [0.15, 0.2) is 42.6 Å². The second kappa shape index (κ2) is 10.0. The number of anilines is 2. The van der Waals surface area contributed by atoms with Gasteiger partial charge in [-0.1, -0.05) is 13.8 Å². The van der Waals surface area contributed by atoms with Gasteiger partial charge in [0.1, 0.15) is 5.69 Å². The van der Waals surface area contributed by atoms with Gasteiger partial charge in [-0.05, 0) is 68.0 Å². The summed E-state index contributed by atoms with van der Waals surface area (Å²) >= 11 is 0. The van der Waals surface area contributed by atoms with Gasteiger partial charge in [-0.3, -0.25) is 14.6 Å². The topological polar surface area (TPSA) is 74.3 Å². The van der Waals surface area contributed by atoms with Crippen molar-refractivity contribution in [2.45, 2.75) is 39.5 Å². The minimum absolute atomic E-state index is 0.252. The highest BCUT2D eigenvalue weighted by atomic mass is 16.2. The van der Waals surface area contributed by atoms with E-state index in [0.29, 0.717) is 18.0 Å². The number of benzene rings is 1. The average molecular weight is 395 g/mol. The fourth-order valence-corrected chi connectivity index (χ4v) is 3.37. The van der Waals surface area contributed by atoms with Gasteiger partial charge in [0.25, 0.3) is 11.8 Å². The Hall–Kier alpha value is -2.89. The van der Waals surface area contributed by atoms with E-state index in [1.165, 1.54) is 37.2 Å². The Morgan fingerprint density at radius 3 is 2.45 bits per heavy atom. The molecule has 0 atom stereocenters. The highest BCUT2D eigenvalue weighted by molar-refractivity contribution is 6.05. The molecule has 3 rings (SSSR count). The molecule has 29 heavy (non-hydrogen) atoms. The van der Waals surface area contributed by atoms with Crippen LogP contribution in [0.3, 0.4) is 0 Å². The standard InChI is InChI=1S/C23H30N4O2/c1-17(2)10-12-25-23(29)21-16-18(11-13-24-21)22(28)26-19-6-8-20(9-7-19)27-14-4-3-5-15-27/h6-9,11,13,16-17H,3-5,10,12,14-15H2,1-2H3,(H,25,29)(H,26,28). The molecule has 2 heterocycles. The van der Waals surface area contributed by atoms with E-state index in [-0.39, 0.29) is 17.5 Å². The summed E-state index contributed by atoms with van der Waals surface area (Å²) in [5.41, 5.74) is 2.58. The highest BCUT2D eigenvalue weighted by Crippen LogP contribution is 2.22. The molecule has 0 radical (unpaired) electrons. The zero-order valence-electron chi connectivity index (χ0n) is 17.3. The molecule has 1 saturated heterocycles. The minimum atomic E-state index is -0.258. The first-order chi connectivity index (χ1) is 14.0. The summed E-state index contributed by atoms with van der Waals surface area (Å²) in [4.78, 5) is 31.3. The van der Waals surface area contributed by atoms with Gasteiger partial charge < -0.3 is 15.5 Å². The first-order valence-electron chi connectivity index (χ1n) is 10.4. The number of aromatic nitrogens is 1. The van der Waals surface area contributed by atoms with Gasteiger partial charge in [0.05, 0.1) is 0 Å². The fourth-order valence-electron chi connectivity index (χ4n) is 3.37. The van der Waals surface area contributed by atoms with E-state index in [9.17, 15) is 9.59 Å². The van der Waals surface area contributed by atoms with Crippen LogP contribution in [0.2, 0.25) is 0 Å². The summed E-state index contributed by atoms with van der Waals surface area (Å²) in [7, 11) is 0. The molecule has 0 saturated carbocycles. The quantitative estimate of drug-likeness (QED) is 0.741. The molecule has 6 nitrogen and oxygen atoms in total. The first-order valence-corrected chi connectivity index (χ1v) is 10.4. The van der Waals surface area contributed by atoms with Crippen LogP contribution in [0.4, 0.5) is 11.4 Å². The molecular formula is C23H30N4O2.